The Kier molecular flexibility index (Phi) is 6.41. The van der Waals surface area contributed by atoms with Gasteiger partial charge in [-0.2, -0.15) is 0 Å². The van der Waals surface area contributed by atoms with Crippen LogP contribution in [0.15, 0.2) is 47.4 Å². The summed E-state index contributed by atoms with van der Waals surface area (Å²) in [6.07, 6.45) is -0.0270. The lowest BCUT2D eigenvalue weighted by atomic mass is 10.2. The first-order valence-electron chi connectivity index (χ1n) is 7.51. The first-order chi connectivity index (χ1) is 11.8. The molecule has 0 saturated heterocycles. The molecule has 0 fully saturated rings. The molecule has 2 aromatic rings. The van der Waals surface area contributed by atoms with Crippen molar-refractivity contribution in [2.24, 2.45) is 0 Å². The minimum absolute atomic E-state index is 0.0229. The maximum Gasteiger partial charge on any atom is 0.240 e. The van der Waals surface area contributed by atoms with E-state index < -0.39 is 10.0 Å². The van der Waals surface area contributed by atoms with Gasteiger partial charge < -0.3 is 10.1 Å². The molecule has 0 atom stereocenters. The van der Waals surface area contributed by atoms with Gasteiger partial charge in [0.15, 0.2) is 0 Å². The van der Waals surface area contributed by atoms with Gasteiger partial charge >= 0.3 is 0 Å². The third-order valence-corrected chi connectivity index (χ3v) is 5.12. The van der Waals surface area contributed by atoms with Gasteiger partial charge in [-0.15, -0.1) is 0 Å². The molecule has 0 saturated carbocycles. The number of sulfonamides is 1. The van der Waals surface area contributed by atoms with Crippen LogP contribution < -0.4 is 14.8 Å². The van der Waals surface area contributed by atoms with Crippen molar-refractivity contribution < 1.29 is 17.9 Å². The van der Waals surface area contributed by atoms with E-state index in [9.17, 15) is 13.2 Å². The SMILES string of the molecule is COc1ccc(Cl)cc1NC(=O)CCNS(=O)(=O)c1ccc(C)cc1. The van der Waals surface area contributed by atoms with E-state index in [1.165, 1.54) is 19.2 Å². The molecule has 0 aliphatic heterocycles. The number of halogens is 1. The molecule has 2 aromatic carbocycles. The molecule has 6 nitrogen and oxygen atoms in total. The first-order valence-corrected chi connectivity index (χ1v) is 9.37. The van der Waals surface area contributed by atoms with Gasteiger partial charge in [-0.05, 0) is 37.3 Å². The number of rotatable bonds is 7. The van der Waals surface area contributed by atoms with Crippen molar-refractivity contribution in [1.82, 2.24) is 4.72 Å². The van der Waals surface area contributed by atoms with Crippen molar-refractivity contribution in [1.29, 1.82) is 0 Å². The summed E-state index contributed by atoms with van der Waals surface area (Å²) in [5.41, 5.74) is 1.40. The Bertz CT molecular complexity index is 851. The van der Waals surface area contributed by atoms with Gasteiger partial charge in [0.05, 0.1) is 17.7 Å². The third kappa shape index (κ3) is 5.45. The summed E-state index contributed by atoms with van der Waals surface area (Å²) in [6, 6.07) is 11.3. The van der Waals surface area contributed by atoms with Gasteiger partial charge in [-0.1, -0.05) is 29.3 Å². The van der Waals surface area contributed by atoms with Gasteiger partial charge in [-0.25, -0.2) is 13.1 Å². The van der Waals surface area contributed by atoms with E-state index in [1.54, 1.807) is 30.3 Å². The van der Waals surface area contributed by atoms with E-state index in [2.05, 4.69) is 10.0 Å². The van der Waals surface area contributed by atoms with Crippen molar-refractivity contribution in [3.05, 3.63) is 53.1 Å². The van der Waals surface area contributed by atoms with Crippen LogP contribution in [0.3, 0.4) is 0 Å². The summed E-state index contributed by atoms with van der Waals surface area (Å²) in [7, 11) is -2.16. The molecule has 2 N–H and O–H groups in total. The fourth-order valence-corrected chi connectivity index (χ4v) is 3.29. The van der Waals surface area contributed by atoms with Gasteiger partial charge in [-0.3, -0.25) is 4.79 Å². The zero-order chi connectivity index (χ0) is 18.4. The summed E-state index contributed by atoms with van der Waals surface area (Å²) in [4.78, 5) is 12.2. The summed E-state index contributed by atoms with van der Waals surface area (Å²) >= 11 is 5.90. The van der Waals surface area contributed by atoms with Crippen LogP contribution in [0.2, 0.25) is 5.02 Å². The second kappa shape index (κ2) is 8.33. The number of ether oxygens (including phenoxy) is 1. The number of hydrogen-bond donors (Lipinski definition) is 2. The molecule has 0 aliphatic rings. The average Bonchev–Trinajstić information content (AvgIpc) is 2.55. The molecular formula is C17H19ClN2O4S. The number of nitrogens with one attached hydrogen (secondary N) is 2. The number of anilines is 1. The van der Waals surface area contributed by atoms with E-state index in [1.807, 2.05) is 6.92 Å². The van der Waals surface area contributed by atoms with Gasteiger partial charge in [0, 0.05) is 18.0 Å². The number of benzene rings is 2. The highest BCUT2D eigenvalue weighted by Gasteiger charge is 2.14. The van der Waals surface area contributed by atoms with Crippen molar-refractivity contribution in [3.8, 4) is 5.75 Å². The maximum atomic E-state index is 12.1. The van der Waals surface area contributed by atoms with Crippen LogP contribution in [0, 0.1) is 6.92 Å². The lowest BCUT2D eigenvalue weighted by Gasteiger charge is -2.11. The molecule has 8 heteroatoms. The molecule has 0 aromatic heterocycles. The summed E-state index contributed by atoms with van der Waals surface area (Å²) in [6.45, 7) is 1.85. The molecule has 134 valence electrons. The quantitative estimate of drug-likeness (QED) is 0.771. The minimum atomic E-state index is -3.64. The van der Waals surface area contributed by atoms with E-state index in [0.29, 0.717) is 16.5 Å². The first kappa shape index (κ1) is 19.2. The van der Waals surface area contributed by atoms with Crippen LogP contribution in [0.1, 0.15) is 12.0 Å². The molecule has 0 radical (unpaired) electrons. The van der Waals surface area contributed by atoms with Gasteiger partial charge in [0.2, 0.25) is 15.9 Å². The van der Waals surface area contributed by atoms with Crippen molar-refractivity contribution in [3.63, 3.8) is 0 Å². The highest BCUT2D eigenvalue weighted by atomic mass is 35.5. The van der Waals surface area contributed by atoms with Crippen molar-refractivity contribution in [2.75, 3.05) is 19.0 Å². The fourth-order valence-electron chi connectivity index (χ4n) is 2.09. The molecule has 0 heterocycles. The molecule has 2 rings (SSSR count). The Labute approximate surface area is 152 Å². The Morgan fingerprint density at radius 1 is 1.16 bits per heavy atom. The largest absolute Gasteiger partial charge is 0.495 e. The van der Waals surface area contributed by atoms with Crippen LogP contribution >= 0.6 is 11.6 Å². The number of carbonyl (C=O) groups excluding carboxylic acids is 1. The van der Waals surface area contributed by atoms with Crippen molar-refractivity contribution in [2.45, 2.75) is 18.2 Å². The van der Waals surface area contributed by atoms with E-state index in [4.69, 9.17) is 16.3 Å². The molecule has 0 spiro atoms. The Morgan fingerprint density at radius 2 is 1.84 bits per heavy atom. The molecule has 0 aliphatic carbocycles. The molecule has 1 amide bonds. The minimum Gasteiger partial charge on any atom is -0.495 e. The van der Waals surface area contributed by atoms with Crippen LogP contribution in [-0.2, 0) is 14.8 Å². The lowest BCUT2D eigenvalue weighted by molar-refractivity contribution is -0.116. The molecule has 25 heavy (non-hydrogen) atoms. The molecule has 0 bridgehead atoms. The predicted molar refractivity (Wildman–Crippen MR) is 97.6 cm³/mol. The predicted octanol–water partition coefficient (Wildman–Crippen LogP) is 2.96. The number of amides is 1. The summed E-state index contributed by atoms with van der Waals surface area (Å²) in [5.74, 6) is 0.116. The van der Waals surface area contributed by atoms with Crippen molar-refractivity contribution >= 4 is 33.2 Å². The van der Waals surface area contributed by atoms with Crippen LogP contribution in [0.25, 0.3) is 0 Å². The third-order valence-electron chi connectivity index (χ3n) is 3.41. The average molecular weight is 383 g/mol. The second-order valence-electron chi connectivity index (χ2n) is 5.35. The zero-order valence-electron chi connectivity index (χ0n) is 13.9. The zero-order valence-corrected chi connectivity index (χ0v) is 15.4. The Balaban J connectivity index is 1.92. The summed E-state index contributed by atoms with van der Waals surface area (Å²) in [5, 5.41) is 3.11. The topological polar surface area (TPSA) is 84.5 Å². The lowest BCUT2D eigenvalue weighted by Crippen LogP contribution is -2.27. The maximum absolute atomic E-state index is 12.1. The van der Waals surface area contributed by atoms with E-state index >= 15 is 0 Å². The molecule has 0 unspecified atom stereocenters. The fraction of sp³-hybridized carbons (Fsp3) is 0.235. The number of hydrogen-bond acceptors (Lipinski definition) is 4. The van der Waals surface area contributed by atoms with Crippen LogP contribution in [0.4, 0.5) is 5.69 Å². The number of carbonyl (C=O) groups is 1. The smallest absolute Gasteiger partial charge is 0.240 e. The van der Waals surface area contributed by atoms with Gasteiger partial charge in [0.25, 0.3) is 0 Å². The Hall–Kier alpha value is -2.09. The summed E-state index contributed by atoms with van der Waals surface area (Å²) < 4.78 is 31.8. The van der Waals surface area contributed by atoms with E-state index in [-0.39, 0.29) is 23.8 Å². The van der Waals surface area contributed by atoms with Gasteiger partial charge in [0.1, 0.15) is 5.75 Å². The standard InChI is InChI=1S/C17H19ClN2O4S/c1-12-3-6-14(7-4-12)25(22,23)19-10-9-17(21)20-15-11-13(18)5-8-16(15)24-2/h3-8,11,19H,9-10H2,1-2H3,(H,20,21). The highest BCUT2D eigenvalue weighted by molar-refractivity contribution is 7.89. The van der Waals surface area contributed by atoms with Crippen LogP contribution in [-0.4, -0.2) is 28.0 Å². The Morgan fingerprint density at radius 3 is 2.48 bits per heavy atom. The second-order valence-corrected chi connectivity index (χ2v) is 7.56. The monoisotopic (exact) mass is 382 g/mol. The number of methoxy groups -OCH3 is 1. The number of aryl methyl sites for hydroxylation is 1. The normalized spacial score (nSPS) is 11.2. The van der Waals surface area contributed by atoms with Crippen LogP contribution in [0.5, 0.6) is 5.75 Å². The molecular weight excluding hydrogens is 364 g/mol. The van der Waals surface area contributed by atoms with E-state index in [0.717, 1.165) is 5.56 Å². The highest BCUT2D eigenvalue weighted by Crippen LogP contribution is 2.27.